The van der Waals surface area contributed by atoms with Gasteiger partial charge in [-0.3, -0.25) is 0 Å². The number of anilines is 2. The van der Waals surface area contributed by atoms with Crippen LogP contribution in [0, 0.1) is 0 Å². The van der Waals surface area contributed by atoms with E-state index in [4.69, 9.17) is 21.9 Å². The summed E-state index contributed by atoms with van der Waals surface area (Å²) in [5, 5.41) is 6.80. The van der Waals surface area contributed by atoms with Gasteiger partial charge in [-0.05, 0) is 47.5 Å². The minimum atomic E-state index is 0.396. The number of rotatable bonds is 6. The number of ether oxygens (including phenoxy) is 1. The van der Waals surface area contributed by atoms with Crippen molar-refractivity contribution in [1.82, 2.24) is 15.3 Å². The zero-order valence-corrected chi connectivity index (χ0v) is 19.5. The molecule has 7 heteroatoms. The summed E-state index contributed by atoms with van der Waals surface area (Å²) in [5.41, 5.74) is 3.84. The predicted octanol–water partition coefficient (Wildman–Crippen LogP) is 5.32. The average molecular weight is 468 g/mol. The van der Waals surface area contributed by atoms with Gasteiger partial charge in [-0.1, -0.05) is 72.8 Å². The van der Waals surface area contributed by atoms with Gasteiger partial charge in [0.05, 0.1) is 0 Å². The molecule has 34 heavy (non-hydrogen) atoms. The molecule has 2 heterocycles. The third-order valence-corrected chi connectivity index (χ3v) is 5.88. The standard InChI is InChI=1S/C27H25N5OS/c34-27(28-18-20-9-3-1-4-10-20)31-26-29-24(17-25(30-26)33-23-13-5-2-6-14-23)32-16-15-21-11-7-8-12-22(21)19-32/h1-14,17H,15-16,18-19H2,(H2,28,29,30,31,34). The average Bonchev–Trinajstić information content (AvgIpc) is 2.88. The number of fused-ring (bicyclic) bond motifs is 1. The summed E-state index contributed by atoms with van der Waals surface area (Å²) in [7, 11) is 0. The Morgan fingerprint density at radius 1 is 0.882 bits per heavy atom. The fourth-order valence-corrected chi connectivity index (χ4v) is 4.07. The minimum absolute atomic E-state index is 0.396. The number of para-hydroxylation sites is 1. The van der Waals surface area contributed by atoms with Gasteiger partial charge in [0.1, 0.15) is 11.6 Å². The lowest BCUT2D eigenvalue weighted by Crippen LogP contribution is -2.32. The maximum atomic E-state index is 6.05. The van der Waals surface area contributed by atoms with Gasteiger partial charge < -0.3 is 20.3 Å². The van der Waals surface area contributed by atoms with Crippen molar-refractivity contribution in [1.29, 1.82) is 0 Å². The molecule has 0 aliphatic carbocycles. The van der Waals surface area contributed by atoms with Gasteiger partial charge in [-0.2, -0.15) is 9.97 Å². The van der Waals surface area contributed by atoms with Crippen LogP contribution in [-0.4, -0.2) is 21.6 Å². The van der Waals surface area contributed by atoms with Gasteiger partial charge >= 0.3 is 0 Å². The van der Waals surface area contributed by atoms with E-state index in [0.29, 0.717) is 29.2 Å². The summed E-state index contributed by atoms with van der Waals surface area (Å²) >= 11 is 5.50. The second-order valence-electron chi connectivity index (χ2n) is 8.04. The highest BCUT2D eigenvalue weighted by molar-refractivity contribution is 7.80. The van der Waals surface area contributed by atoms with E-state index >= 15 is 0 Å². The molecule has 1 aliphatic rings. The Morgan fingerprint density at radius 3 is 2.38 bits per heavy atom. The zero-order valence-electron chi connectivity index (χ0n) is 18.6. The molecule has 0 fully saturated rings. The molecular formula is C27H25N5OS. The molecule has 1 aliphatic heterocycles. The van der Waals surface area contributed by atoms with E-state index in [9.17, 15) is 0 Å². The summed E-state index contributed by atoms with van der Waals surface area (Å²) in [6.07, 6.45) is 0.967. The molecule has 0 spiro atoms. The van der Waals surface area contributed by atoms with Crippen molar-refractivity contribution in [3.63, 3.8) is 0 Å². The monoisotopic (exact) mass is 467 g/mol. The molecule has 1 aromatic heterocycles. The van der Waals surface area contributed by atoms with Crippen LogP contribution in [-0.2, 0) is 19.5 Å². The van der Waals surface area contributed by atoms with Crippen LogP contribution >= 0.6 is 12.2 Å². The number of nitrogens with zero attached hydrogens (tertiary/aromatic N) is 3. The van der Waals surface area contributed by atoms with Crippen LogP contribution < -0.4 is 20.3 Å². The molecule has 0 atom stereocenters. The summed E-state index contributed by atoms with van der Waals surface area (Å²) in [4.78, 5) is 11.6. The molecule has 0 saturated carbocycles. The third-order valence-electron chi connectivity index (χ3n) is 5.63. The van der Waals surface area contributed by atoms with Crippen LogP contribution in [0.25, 0.3) is 0 Å². The summed E-state index contributed by atoms with van der Waals surface area (Å²) in [6.45, 7) is 2.27. The predicted molar refractivity (Wildman–Crippen MR) is 139 cm³/mol. The van der Waals surface area contributed by atoms with Gasteiger partial charge in [-0.25, -0.2) is 0 Å². The van der Waals surface area contributed by atoms with Crippen LogP contribution in [0.3, 0.4) is 0 Å². The maximum Gasteiger partial charge on any atom is 0.234 e. The van der Waals surface area contributed by atoms with Crippen molar-refractivity contribution in [3.05, 3.63) is 108 Å². The molecule has 170 valence electrons. The number of thiocarbonyl (C=S) groups is 1. The van der Waals surface area contributed by atoms with E-state index < -0.39 is 0 Å². The SMILES string of the molecule is S=C(NCc1ccccc1)Nc1nc(Oc2ccccc2)cc(N2CCc3ccccc3C2)n1. The quantitative estimate of drug-likeness (QED) is 0.372. The normalized spacial score (nSPS) is 12.5. The lowest BCUT2D eigenvalue weighted by molar-refractivity contribution is 0.462. The first kappa shape index (κ1) is 21.9. The molecule has 5 rings (SSSR count). The highest BCUT2D eigenvalue weighted by Crippen LogP contribution is 2.28. The van der Waals surface area contributed by atoms with Crippen LogP contribution in [0.4, 0.5) is 11.8 Å². The zero-order chi connectivity index (χ0) is 23.2. The second kappa shape index (κ2) is 10.3. The molecule has 6 nitrogen and oxygen atoms in total. The van der Waals surface area contributed by atoms with Crippen LogP contribution in [0.1, 0.15) is 16.7 Å². The first-order chi connectivity index (χ1) is 16.7. The van der Waals surface area contributed by atoms with E-state index in [2.05, 4.69) is 44.8 Å². The van der Waals surface area contributed by atoms with Crippen LogP contribution in [0.2, 0.25) is 0 Å². The Bertz CT molecular complexity index is 1270. The first-order valence-electron chi connectivity index (χ1n) is 11.3. The number of aromatic nitrogens is 2. The molecule has 0 bridgehead atoms. The van der Waals surface area contributed by atoms with E-state index in [1.165, 1.54) is 11.1 Å². The van der Waals surface area contributed by atoms with Crippen LogP contribution in [0.5, 0.6) is 11.6 Å². The largest absolute Gasteiger partial charge is 0.439 e. The third kappa shape index (κ3) is 5.50. The van der Waals surface area contributed by atoms with Crippen molar-refractivity contribution in [2.75, 3.05) is 16.8 Å². The summed E-state index contributed by atoms with van der Waals surface area (Å²) in [6, 6.07) is 30.1. The molecule has 2 N–H and O–H groups in total. The molecule has 3 aromatic carbocycles. The number of nitrogens with one attached hydrogen (secondary N) is 2. The Hall–Kier alpha value is -3.97. The lowest BCUT2D eigenvalue weighted by Gasteiger charge is -2.30. The summed E-state index contributed by atoms with van der Waals surface area (Å²) in [5.74, 6) is 2.37. The first-order valence-corrected chi connectivity index (χ1v) is 11.7. The van der Waals surface area contributed by atoms with Gasteiger partial charge in [0, 0.05) is 25.7 Å². The van der Waals surface area contributed by atoms with Gasteiger partial charge in [-0.15, -0.1) is 0 Å². The Balaban J connectivity index is 1.36. The lowest BCUT2D eigenvalue weighted by atomic mass is 10.00. The fourth-order valence-electron chi connectivity index (χ4n) is 3.91. The molecule has 0 amide bonds. The molecule has 0 unspecified atom stereocenters. The van der Waals surface area contributed by atoms with Crippen LogP contribution in [0.15, 0.2) is 91.0 Å². The highest BCUT2D eigenvalue weighted by atomic mass is 32.1. The van der Waals surface area contributed by atoms with Gasteiger partial charge in [0.25, 0.3) is 0 Å². The van der Waals surface area contributed by atoms with Crippen molar-refractivity contribution in [3.8, 4) is 11.6 Å². The van der Waals surface area contributed by atoms with Crippen molar-refractivity contribution < 1.29 is 4.74 Å². The molecule has 0 saturated heterocycles. The second-order valence-corrected chi connectivity index (χ2v) is 8.44. The summed E-state index contributed by atoms with van der Waals surface area (Å²) < 4.78 is 6.05. The topological polar surface area (TPSA) is 62.3 Å². The number of benzene rings is 3. The Morgan fingerprint density at radius 2 is 1.59 bits per heavy atom. The minimum Gasteiger partial charge on any atom is -0.439 e. The number of hydrogen-bond donors (Lipinski definition) is 2. The van der Waals surface area contributed by atoms with E-state index in [0.717, 1.165) is 30.9 Å². The van der Waals surface area contributed by atoms with E-state index in [-0.39, 0.29) is 0 Å². The van der Waals surface area contributed by atoms with Gasteiger partial charge in [0.15, 0.2) is 5.11 Å². The van der Waals surface area contributed by atoms with Gasteiger partial charge in [0.2, 0.25) is 11.8 Å². The van der Waals surface area contributed by atoms with E-state index in [1.807, 2.05) is 66.7 Å². The Kier molecular flexibility index (Phi) is 6.63. The van der Waals surface area contributed by atoms with Crippen molar-refractivity contribution >= 4 is 29.1 Å². The fraction of sp³-hybridized carbons (Fsp3) is 0.148. The van der Waals surface area contributed by atoms with E-state index in [1.54, 1.807) is 0 Å². The number of hydrogen-bond acceptors (Lipinski definition) is 5. The highest BCUT2D eigenvalue weighted by Gasteiger charge is 2.19. The Labute approximate surface area is 204 Å². The molecular weight excluding hydrogens is 442 g/mol. The van der Waals surface area contributed by atoms with Crippen molar-refractivity contribution in [2.45, 2.75) is 19.5 Å². The molecule has 4 aromatic rings. The smallest absolute Gasteiger partial charge is 0.234 e. The molecule has 0 radical (unpaired) electrons. The van der Waals surface area contributed by atoms with Crippen molar-refractivity contribution in [2.24, 2.45) is 0 Å². The maximum absolute atomic E-state index is 6.05.